The molecule has 0 aliphatic carbocycles. The van der Waals surface area contributed by atoms with Gasteiger partial charge in [-0.3, -0.25) is 0 Å². The third kappa shape index (κ3) is 7.03. The zero-order valence-electron chi connectivity index (χ0n) is 19.7. The highest BCUT2D eigenvalue weighted by molar-refractivity contribution is 6.74. The molecule has 0 bridgehead atoms. The Morgan fingerprint density at radius 1 is 1.00 bits per heavy atom. The molecule has 0 aliphatic rings. The van der Waals surface area contributed by atoms with Crippen molar-refractivity contribution in [1.29, 1.82) is 0 Å². The van der Waals surface area contributed by atoms with Crippen LogP contribution in [0.5, 0.6) is 5.75 Å². The minimum absolute atomic E-state index is 0.0766. The molecule has 0 heterocycles. The predicted octanol–water partition coefficient (Wildman–Crippen LogP) is 7.38. The summed E-state index contributed by atoms with van der Waals surface area (Å²) in [4.78, 5) is 0. The molecular weight excluding hydrogens is 386 g/mol. The summed E-state index contributed by atoms with van der Waals surface area (Å²) in [7, 11) is -0.210. The van der Waals surface area contributed by atoms with Crippen molar-refractivity contribution in [3.63, 3.8) is 0 Å². The molecule has 30 heavy (non-hydrogen) atoms. The van der Waals surface area contributed by atoms with Crippen LogP contribution in [0.15, 0.2) is 60.7 Å². The fourth-order valence-corrected chi connectivity index (χ4v) is 4.45. The number of hydrogen-bond acceptors (Lipinski definition) is 3. The number of anilines is 1. The Morgan fingerprint density at radius 3 is 2.17 bits per heavy atom. The standard InChI is InChI=1S/C26H39NO2Si/c1-8-12-25(29-30(6,7)26(2,3)4)24(20-15-21-13-10-9-11-14-21)27-22-16-18-23(28-5)19-17-22/h9-11,13-20,24-25,27H,8,12H2,1-7H3/b20-15+/t24-,25+/m1/s1. The fourth-order valence-electron chi connectivity index (χ4n) is 3.08. The zero-order chi connectivity index (χ0) is 22.2. The molecule has 0 aliphatic heterocycles. The Labute approximate surface area is 184 Å². The molecule has 2 aromatic rings. The van der Waals surface area contributed by atoms with Crippen molar-refractivity contribution in [2.45, 2.75) is 70.8 Å². The van der Waals surface area contributed by atoms with Gasteiger partial charge in [0, 0.05) is 5.69 Å². The molecule has 1 N–H and O–H groups in total. The summed E-state index contributed by atoms with van der Waals surface area (Å²) in [5, 5.41) is 3.89. The second-order valence-electron chi connectivity index (χ2n) is 9.37. The molecule has 0 saturated heterocycles. The van der Waals surface area contributed by atoms with E-state index < -0.39 is 8.32 Å². The van der Waals surface area contributed by atoms with Gasteiger partial charge in [0.1, 0.15) is 5.75 Å². The van der Waals surface area contributed by atoms with E-state index in [1.54, 1.807) is 7.11 Å². The van der Waals surface area contributed by atoms with Gasteiger partial charge in [0.2, 0.25) is 0 Å². The van der Waals surface area contributed by atoms with E-state index in [1.807, 2.05) is 18.2 Å². The van der Waals surface area contributed by atoms with Gasteiger partial charge >= 0.3 is 0 Å². The number of methoxy groups -OCH3 is 1. The van der Waals surface area contributed by atoms with E-state index in [4.69, 9.17) is 9.16 Å². The van der Waals surface area contributed by atoms with Crippen molar-refractivity contribution < 1.29 is 9.16 Å². The van der Waals surface area contributed by atoms with Gasteiger partial charge in [0.05, 0.1) is 19.3 Å². The van der Waals surface area contributed by atoms with Crippen LogP contribution >= 0.6 is 0 Å². The maximum atomic E-state index is 6.91. The average molecular weight is 426 g/mol. The monoisotopic (exact) mass is 425 g/mol. The average Bonchev–Trinajstić information content (AvgIpc) is 2.71. The number of ether oxygens (including phenoxy) is 1. The topological polar surface area (TPSA) is 30.5 Å². The minimum atomic E-state index is -1.90. The molecule has 0 spiro atoms. The van der Waals surface area contributed by atoms with E-state index >= 15 is 0 Å². The van der Waals surface area contributed by atoms with E-state index in [9.17, 15) is 0 Å². The summed E-state index contributed by atoms with van der Waals surface area (Å²) in [6, 6.07) is 18.6. The van der Waals surface area contributed by atoms with E-state index in [0.717, 1.165) is 24.3 Å². The Balaban J connectivity index is 2.32. The summed E-state index contributed by atoms with van der Waals surface area (Å²) in [6.45, 7) is 13.8. The van der Waals surface area contributed by atoms with Gasteiger partial charge in [-0.05, 0) is 54.4 Å². The third-order valence-corrected chi connectivity index (χ3v) is 10.4. The Bertz CT molecular complexity index is 779. The zero-order valence-corrected chi connectivity index (χ0v) is 20.7. The lowest BCUT2D eigenvalue weighted by Gasteiger charge is -2.41. The molecule has 2 atom stereocenters. The van der Waals surface area contributed by atoms with E-state index in [2.05, 4.69) is 94.7 Å². The first-order chi connectivity index (χ1) is 14.2. The van der Waals surface area contributed by atoms with E-state index in [0.29, 0.717) is 0 Å². The Hall–Kier alpha value is -2.04. The van der Waals surface area contributed by atoms with Crippen LogP contribution < -0.4 is 10.1 Å². The molecule has 0 fully saturated rings. The van der Waals surface area contributed by atoms with Crippen LogP contribution in [0.25, 0.3) is 6.08 Å². The smallest absolute Gasteiger partial charge is 0.192 e. The summed E-state index contributed by atoms with van der Waals surface area (Å²) < 4.78 is 12.2. The van der Waals surface area contributed by atoms with E-state index in [1.165, 1.54) is 5.56 Å². The summed E-state index contributed by atoms with van der Waals surface area (Å²) in [5.74, 6) is 0.861. The van der Waals surface area contributed by atoms with Crippen molar-refractivity contribution in [3.8, 4) is 5.75 Å². The second kappa shape index (κ2) is 10.8. The molecule has 164 valence electrons. The highest BCUT2D eigenvalue weighted by Crippen LogP contribution is 2.38. The fraction of sp³-hybridized carbons (Fsp3) is 0.462. The number of rotatable bonds is 10. The number of nitrogens with one attached hydrogen (secondary N) is 1. The molecule has 0 radical (unpaired) electrons. The molecule has 2 aromatic carbocycles. The first kappa shape index (κ1) is 24.2. The first-order valence-corrected chi connectivity index (χ1v) is 13.9. The van der Waals surface area contributed by atoms with Crippen molar-refractivity contribution >= 4 is 20.1 Å². The normalized spacial score (nSPS) is 14.5. The molecule has 2 rings (SSSR count). The predicted molar refractivity (Wildman–Crippen MR) is 133 cm³/mol. The maximum absolute atomic E-state index is 6.91. The van der Waals surface area contributed by atoms with Crippen molar-refractivity contribution in [2.75, 3.05) is 12.4 Å². The third-order valence-electron chi connectivity index (χ3n) is 5.94. The number of hydrogen-bond donors (Lipinski definition) is 1. The minimum Gasteiger partial charge on any atom is -0.497 e. The number of benzene rings is 2. The molecule has 0 aromatic heterocycles. The van der Waals surface area contributed by atoms with Gasteiger partial charge in [-0.15, -0.1) is 0 Å². The van der Waals surface area contributed by atoms with Gasteiger partial charge in [0.15, 0.2) is 8.32 Å². The Morgan fingerprint density at radius 2 is 1.63 bits per heavy atom. The lowest BCUT2D eigenvalue weighted by Crippen LogP contribution is -2.48. The Kier molecular flexibility index (Phi) is 8.74. The largest absolute Gasteiger partial charge is 0.497 e. The molecule has 0 unspecified atom stereocenters. The van der Waals surface area contributed by atoms with Crippen molar-refractivity contribution in [1.82, 2.24) is 0 Å². The highest BCUT2D eigenvalue weighted by atomic mass is 28.4. The van der Waals surface area contributed by atoms with E-state index in [-0.39, 0.29) is 17.2 Å². The van der Waals surface area contributed by atoms with Gasteiger partial charge in [0.25, 0.3) is 0 Å². The summed E-state index contributed by atoms with van der Waals surface area (Å²) >= 11 is 0. The van der Waals surface area contributed by atoms with Crippen LogP contribution in [-0.4, -0.2) is 27.6 Å². The quantitative estimate of drug-likeness (QED) is 0.403. The highest BCUT2D eigenvalue weighted by Gasteiger charge is 2.40. The van der Waals surface area contributed by atoms with Crippen LogP contribution in [0.3, 0.4) is 0 Å². The van der Waals surface area contributed by atoms with Crippen LogP contribution in [0.2, 0.25) is 18.1 Å². The van der Waals surface area contributed by atoms with Gasteiger partial charge in [-0.2, -0.15) is 0 Å². The second-order valence-corrected chi connectivity index (χ2v) is 14.1. The maximum Gasteiger partial charge on any atom is 0.192 e. The van der Waals surface area contributed by atoms with Crippen molar-refractivity contribution in [2.24, 2.45) is 0 Å². The molecule has 4 heteroatoms. The van der Waals surface area contributed by atoms with Crippen LogP contribution in [-0.2, 0) is 4.43 Å². The lowest BCUT2D eigenvalue weighted by atomic mass is 10.0. The van der Waals surface area contributed by atoms with Gasteiger partial charge < -0.3 is 14.5 Å². The van der Waals surface area contributed by atoms with Crippen LogP contribution in [0, 0.1) is 0 Å². The van der Waals surface area contributed by atoms with Crippen LogP contribution in [0.1, 0.15) is 46.1 Å². The van der Waals surface area contributed by atoms with Gasteiger partial charge in [-0.25, -0.2) is 0 Å². The molecule has 0 amide bonds. The SMILES string of the molecule is CCC[C@H](O[Si](C)(C)C(C)(C)C)[C@@H](/C=C/c1ccccc1)Nc1ccc(OC)cc1. The van der Waals surface area contributed by atoms with Crippen molar-refractivity contribution in [3.05, 3.63) is 66.2 Å². The molecule has 3 nitrogen and oxygen atoms in total. The lowest BCUT2D eigenvalue weighted by molar-refractivity contribution is 0.162. The van der Waals surface area contributed by atoms with Gasteiger partial charge in [-0.1, -0.05) is 76.6 Å². The van der Waals surface area contributed by atoms with Crippen LogP contribution in [0.4, 0.5) is 5.69 Å². The summed E-state index contributed by atoms with van der Waals surface area (Å²) in [5.41, 5.74) is 2.26. The summed E-state index contributed by atoms with van der Waals surface area (Å²) in [6.07, 6.45) is 6.66. The molecular formula is C26H39NO2Si. The first-order valence-electron chi connectivity index (χ1n) is 11.0. The molecule has 0 saturated carbocycles.